The van der Waals surface area contributed by atoms with E-state index in [0.717, 1.165) is 17.0 Å². The Hall–Kier alpha value is -4.04. The summed E-state index contributed by atoms with van der Waals surface area (Å²) in [5.74, 6) is 1.74. The summed E-state index contributed by atoms with van der Waals surface area (Å²) in [5.41, 5.74) is 5.29. The molecule has 2 heterocycles. The van der Waals surface area contributed by atoms with Crippen molar-refractivity contribution in [3.63, 3.8) is 0 Å². The number of nitrogens with one attached hydrogen (secondary N) is 2. The minimum Gasteiger partial charge on any atom is -0.495 e. The number of hydrogen-bond donors (Lipinski definition) is 2. The molecule has 1 unspecified atom stereocenters. The Morgan fingerprint density at radius 2 is 1.75 bits per heavy atom. The number of allylic oxidation sites excluding steroid dienone is 1. The first-order chi connectivity index (χ1) is 17.5. The van der Waals surface area contributed by atoms with Crippen molar-refractivity contribution in [3.8, 4) is 5.75 Å². The van der Waals surface area contributed by atoms with Gasteiger partial charge in [-0.15, -0.1) is 5.10 Å². The summed E-state index contributed by atoms with van der Waals surface area (Å²) in [5, 5.41) is 11.8. The van der Waals surface area contributed by atoms with Gasteiger partial charge in [-0.2, -0.15) is 4.98 Å². The topological polar surface area (TPSA) is 81.1 Å². The molecule has 0 radical (unpaired) electrons. The molecule has 5 rings (SSSR count). The van der Waals surface area contributed by atoms with Crippen molar-refractivity contribution in [2.45, 2.75) is 30.8 Å². The first-order valence-corrected chi connectivity index (χ1v) is 12.6. The minimum absolute atomic E-state index is 0.228. The van der Waals surface area contributed by atoms with Crippen LogP contribution in [0.15, 0.2) is 95.3 Å². The Labute approximate surface area is 214 Å². The molecule has 0 spiro atoms. The molecule has 36 heavy (non-hydrogen) atoms. The number of para-hydroxylation sites is 2. The SMILES string of the molecule is COc1ccccc1NC(=O)C1=C(C)Nc2nc(SCc3ccc(C)cc3)nn2C1c1ccccc1. The predicted molar refractivity (Wildman–Crippen MR) is 143 cm³/mol. The molecule has 0 saturated heterocycles. The van der Waals surface area contributed by atoms with Gasteiger partial charge in [-0.1, -0.05) is 84.1 Å². The molecule has 0 aliphatic carbocycles. The van der Waals surface area contributed by atoms with Crippen molar-refractivity contribution in [2.24, 2.45) is 0 Å². The quantitative estimate of drug-likeness (QED) is 0.314. The van der Waals surface area contributed by atoms with Crippen LogP contribution in [0.1, 0.15) is 29.7 Å². The van der Waals surface area contributed by atoms with Crippen LogP contribution >= 0.6 is 11.8 Å². The molecule has 8 heteroatoms. The second-order valence-electron chi connectivity index (χ2n) is 8.57. The first-order valence-electron chi connectivity index (χ1n) is 11.7. The van der Waals surface area contributed by atoms with Gasteiger partial charge in [0.2, 0.25) is 11.1 Å². The maximum absolute atomic E-state index is 13.7. The van der Waals surface area contributed by atoms with Crippen LogP contribution in [-0.2, 0) is 10.5 Å². The number of aromatic nitrogens is 3. The maximum atomic E-state index is 13.7. The minimum atomic E-state index is -0.432. The van der Waals surface area contributed by atoms with Crippen LogP contribution in [-0.4, -0.2) is 27.8 Å². The molecule has 3 aromatic carbocycles. The Bertz CT molecular complexity index is 1410. The summed E-state index contributed by atoms with van der Waals surface area (Å²) in [7, 11) is 1.59. The average molecular weight is 498 g/mol. The molecular formula is C28H27N5O2S. The van der Waals surface area contributed by atoms with Crippen LogP contribution in [0.4, 0.5) is 11.6 Å². The van der Waals surface area contributed by atoms with Gasteiger partial charge >= 0.3 is 0 Å². The van der Waals surface area contributed by atoms with Crippen molar-refractivity contribution in [1.82, 2.24) is 14.8 Å². The highest BCUT2D eigenvalue weighted by Crippen LogP contribution is 2.37. The number of thioether (sulfide) groups is 1. The third-order valence-electron chi connectivity index (χ3n) is 6.04. The van der Waals surface area contributed by atoms with Crippen LogP contribution in [0, 0.1) is 6.92 Å². The molecule has 1 aliphatic rings. The van der Waals surface area contributed by atoms with Crippen LogP contribution in [0.2, 0.25) is 0 Å². The van der Waals surface area contributed by atoms with Crippen LogP contribution in [0.25, 0.3) is 0 Å². The Morgan fingerprint density at radius 1 is 1.03 bits per heavy atom. The lowest BCUT2D eigenvalue weighted by molar-refractivity contribution is -0.113. The smallest absolute Gasteiger partial charge is 0.255 e. The summed E-state index contributed by atoms with van der Waals surface area (Å²) >= 11 is 1.57. The molecule has 4 aromatic rings. The van der Waals surface area contributed by atoms with E-state index in [1.54, 1.807) is 23.6 Å². The fraction of sp³-hybridized carbons (Fsp3) is 0.179. The number of ether oxygens (including phenoxy) is 1. The van der Waals surface area contributed by atoms with Crippen LogP contribution < -0.4 is 15.4 Å². The number of rotatable bonds is 7. The highest BCUT2D eigenvalue weighted by molar-refractivity contribution is 7.98. The summed E-state index contributed by atoms with van der Waals surface area (Å²) < 4.78 is 7.23. The van der Waals surface area contributed by atoms with E-state index in [2.05, 4.69) is 41.8 Å². The standard InChI is InChI=1S/C28H27N5O2S/c1-18-13-15-20(16-14-18)17-36-28-31-27-29-19(2)24(25(33(27)32-28)21-9-5-4-6-10-21)26(34)30-22-11-7-8-12-23(22)35-3/h4-16,25H,17H2,1-3H3,(H,30,34)(H,29,31,32). The predicted octanol–water partition coefficient (Wildman–Crippen LogP) is 5.82. The van der Waals surface area contributed by atoms with Gasteiger partial charge in [-0.25, -0.2) is 4.68 Å². The van der Waals surface area contributed by atoms with Crippen molar-refractivity contribution in [1.29, 1.82) is 0 Å². The molecule has 1 aromatic heterocycles. The monoisotopic (exact) mass is 497 g/mol. The number of aryl methyl sites for hydroxylation is 1. The average Bonchev–Trinajstić information content (AvgIpc) is 3.30. The Balaban J connectivity index is 1.47. The summed E-state index contributed by atoms with van der Waals surface area (Å²) in [6.07, 6.45) is 0. The van der Waals surface area contributed by atoms with Gasteiger partial charge in [0.25, 0.3) is 5.91 Å². The van der Waals surface area contributed by atoms with Crippen molar-refractivity contribution >= 4 is 29.3 Å². The van der Waals surface area contributed by atoms with E-state index < -0.39 is 6.04 Å². The largest absolute Gasteiger partial charge is 0.495 e. The maximum Gasteiger partial charge on any atom is 0.255 e. The Kier molecular flexibility index (Phi) is 6.77. The van der Waals surface area contributed by atoms with Gasteiger partial charge in [0, 0.05) is 11.4 Å². The molecule has 0 saturated carbocycles. The van der Waals surface area contributed by atoms with Crippen LogP contribution in [0.5, 0.6) is 5.75 Å². The zero-order valence-corrected chi connectivity index (χ0v) is 21.2. The number of nitrogens with zero attached hydrogens (tertiary/aromatic N) is 3. The molecule has 7 nitrogen and oxygen atoms in total. The molecular weight excluding hydrogens is 470 g/mol. The molecule has 1 amide bonds. The van der Waals surface area contributed by atoms with E-state index >= 15 is 0 Å². The van der Waals surface area contributed by atoms with Gasteiger partial charge in [0.05, 0.1) is 18.4 Å². The number of fused-ring (bicyclic) bond motifs is 1. The second-order valence-corrected chi connectivity index (χ2v) is 9.51. The van der Waals surface area contributed by atoms with Crippen molar-refractivity contribution in [2.75, 3.05) is 17.7 Å². The summed E-state index contributed by atoms with van der Waals surface area (Å²) in [4.78, 5) is 18.4. The van der Waals surface area contributed by atoms with E-state index in [0.29, 0.717) is 28.1 Å². The number of benzene rings is 3. The lowest BCUT2D eigenvalue weighted by Gasteiger charge is -2.28. The highest BCUT2D eigenvalue weighted by Gasteiger charge is 2.34. The van der Waals surface area contributed by atoms with Gasteiger partial charge in [0.15, 0.2) is 0 Å². The molecule has 182 valence electrons. The normalized spacial score (nSPS) is 14.7. The fourth-order valence-electron chi connectivity index (χ4n) is 4.20. The summed E-state index contributed by atoms with van der Waals surface area (Å²) in [6.45, 7) is 3.97. The number of amides is 1. The Morgan fingerprint density at radius 3 is 2.50 bits per heavy atom. The summed E-state index contributed by atoms with van der Waals surface area (Å²) in [6, 6.07) is 25.3. The molecule has 1 atom stereocenters. The molecule has 2 N–H and O–H groups in total. The van der Waals surface area contributed by atoms with Gasteiger partial charge < -0.3 is 15.4 Å². The van der Waals surface area contributed by atoms with E-state index in [1.165, 1.54) is 11.1 Å². The molecule has 1 aliphatic heterocycles. The third-order valence-corrected chi connectivity index (χ3v) is 6.95. The third kappa shape index (κ3) is 4.85. The number of carbonyl (C=O) groups is 1. The van der Waals surface area contributed by atoms with E-state index in [4.69, 9.17) is 14.8 Å². The number of methoxy groups -OCH3 is 1. The van der Waals surface area contributed by atoms with E-state index in [9.17, 15) is 4.79 Å². The van der Waals surface area contributed by atoms with Crippen molar-refractivity contribution < 1.29 is 9.53 Å². The van der Waals surface area contributed by atoms with E-state index in [1.807, 2.05) is 61.5 Å². The molecule has 0 bridgehead atoms. The van der Waals surface area contributed by atoms with Crippen LogP contribution in [0.3, 0.4) is 0 Å². The first kappa shape index (κ1) is 23.7. The highest BCUT2D eigenvalue weighted by atomic mass is 32.2. The molecule has 0 fully saturated rings. The number of hydrogen-bond acceptors (Lipinski definition) is 6. The number of carbonyl (C=O) groups excluding carboxylic acids is 1. The van der Waals surface area contributed by atoms with Crippen molar-refractivity contribution in [3.05, 3.63) is 107 Å². The lowest BCUT2D eigenvalue weighted by Crippen LogP contribution is -2.31. The number of anilines is 2. The lowest BCUT2D eigenvalue weighted by atomic mass is 9.95. The van der Waals surface area contributed by atoms with Gasteiger partial charge in [-0.05, 0) is 37.1 Å². The van der Waals surface area contributed by atoms with Gasteiger partial charge in [0.1, 0.15) is 11.8 Å². The van der Waals surface area contributed by atoms with E-state index in [-0.39, 0.29) is 5.91 Å². The zero-order chi connectivity index (χ0) is 25.1. The zero-order valence-electron chi connectivity index (χ0n) is 20.4. The second kappa shape index (κ2) is 10.3. The van der Waals surface area contributed by atoms with Gasteiger partial charge in [-0.3, -0.25) is 4.79 Å². The fourth-order valence-corrected chi connectivity index (χ4v) is 4.98.